The SMILES string of the molecule is CNc1nc(C)c(C(=O)N2CCN(C34CC5CC(CC(C5)C3)C4)CC2)s1. The molecule has 5 nitrogen and oxygen atoms in total. The van der Waals surface area contributed by atoms with E-state index in [1.54, 1.807) is 0 Å². The number of aromatic nitrogens is 1. The van der Waals surface area contributed by atoms with Gasteiger partial charge in [-0.3, -0.25) is 9.69 Å². The van der Waals surface area contributed by atoms with Gasteiger partial charge in [0.15, 0.2) is 5.13 Å². The van der Waals surface area contributed by atoms with Gasteiger partial charge in [0.1, 0.15) is 4.88 Å². The Morgan fingerprint density at radius 3 is 2.15 bits per heavy atom. The average molecular weight is 375 g/mol. The van der Waals surface area contributed by atoms with Crippen LogP contribution < -0.4 is 5.32 Å². The highest BCUT2D eigenvalue weighted by Crippen LogP contribution is 2.57. The largest absolute Gasteiger partial charge is 0.365 e. The topological polar surface area (TPSA) is 48.5 Å². The Balaban J connectivity index is 1.26. The van der Waals surface area contributed by atoms with E-state index in [2.05, 4.69) is 20.1 Å². The molecule has 1 saturated heterocycles. The van der Waals surface area contributed by atoms with E-state index in [4.69, 9.17) is 0 Å². The normalized spacial score (nSPS) is 36.5. The first-order chi connectivity index (χ1) is 12.6. The number of hydrogen-bond donors (Lipinski definition) is 1. The maximum Gasteiger partial charge on any atom is 0.266 e. The van der Waals surface area contributed by atoms with Gasteiger partial charge >= 0.3 is 0 Å². The predicted octanol–water partition coefficient (Wildman–Crippen LogP) is 3.22. The second kappa shape index (κ2) is 6.20. The number of aryl methyl sites for hydroxylation is 1. The fraction of sp³-hybridized carbons (Fsp3) is 0.800. The summed E-state index contributed by atoms with van der Waals surface area (Å²) in [4.78, 5) is 23.0. The Hall–Kier alpha value is -1.14. The summed E-state index contributed by atoms with van der Waals surface area (Å²) in [5, 5.41) is 3.89. The van der Waals surface area contributed by atoms with Crippen molar-refractivity contribution < 1.29 is 4.79 Å². The van der Waals surface area contributed by atoms with E-state index in [1.165, 1.54) is 49.9 Å². The molecule has 0 spiro atoms. The average Bonchev–Trinajstić information content (AvgIpc) is 3.01. The Labute approximate surface area is 160 Å². The zero-order valence-corrected chi connectivity index (χ0v) is 16.8. The highest BCUT2D eigenvalue weighted by atomic mass is 32.1. The van der Waals surface area contributed by atoms with Crippen molar-refractivity contribution in [2.75, 3.05) is 38.5 Å². The first-order valence-corrected chi connectivity index (χ1v) is 11.1. The summed E-state index contributed by atoms with van der Waals surface area (Å²) < 4.78 is 0. The molecule has 0 unspecified atom stereocenters. The minimum atomic E-state index is 0.173. The summed E-state index contributed by atoms with van der Waals surface area (Å²) in [7, 11) is 1.86. The lowest BCUT2D eigenvalue weighted by Gasteiger charge is -2.61. The minimum Gasteiger partial charge on any atom is -0.365 e. The molecule has 1 amide bonds. The van der Waals surface area contributed by atoms with E-state index in [0.717, 1.165) is 59.6 Å². The van der Waals surface area contributed by atoms with Crippen molar-refractivity contribution in [1.82, 2.24) is 14.8 Å². The van der Waals surface area contributed by atoms with Gasteiger partial charge < -0.3 is 10.2 Å². The first kappa shape index (κ1) is 17.0. The lowest BCUT2D eigenvalue weighted by Crippen LogP contribution is -2.64. The Bertz CT molecular complexity index is 671. The number of anilines is 1. The summed E-state index contributed by atoms with van der Waals surface area (Å²) in [6.45, 7) is 5.78. The molecule has 0 atom stereocenters. The molecule has 142 valence electrons. The van der Waals surface area contributed by atoms with Gasteiger partial charge in [-0.05, 0) is 63.2 Å². The zero-order chi connectivity index (χ0) is 17.9. The highest BCUT2D eigenvalue weighted by molar-refractivity contribution is 7.17. The van der Waals surface area contributed by atoms with Gasteiger partial charge in [-0.1, -0.05) is 11.3 Å². The van der Waals surface area contributed by atoms with Gasteiger partial charge in [0.25, 0.3) is 5.91 Å². The van der Waals surface area contributed by atoms with Gasteiger partial charge in [-0.2, -0.15) is 0 Å². The van der Waals surface area contributed by atoms with Gasteiger partial charge in [0.05, 0.1) is 5.69 Å². The number of thiazole rings is 1. The van der Waals surface area contributed by atoms with Gasteiger partial charge in [0.2, 0.25) is 0 Å². The van der Waals surface area contributed by atoms with Gasteiger partial charge in [-0.15, -0.1) is 0 Å². The van der Waals surface area contributed by atoms with E-state index < -0.39 is 0 Å². The summed E-state index contributed by atoms with van der Waals surface area (Å²) in [6, 6.07) is 0. The molecule has 0 radical (unpaired) electrons. The minimum absolute atomic E-state index is 0.173. The van der Waals surface area contributed by atoms with E-state index in [0.29, 0.717) is 5.54 Å². The number of amides is 1. The van der Waals surface area contributed by atoms with Crippen molar-refractivity contribution in [1.29, 1.82) is 0 Å². The van der Waals surface area contributed by atoms with Crippen LogP contribution in [0.1, 0.15) is 53.9 Å². The molecule has 1 aliphatic heterocycles. The molecule has 6 heteroatoms. The number of nitrogens with zero attached hydrogens (tertiary/aromatic N) is 3. The molecular weight excluding hydrogens is 344 g/mol. The first-order valence-electron chi connectivity index (χ1n) is 10.3. The summed E-state index contributed by atoms with van der Waals surface area (Å²) >= 11 is 1.48. The number of nitrogens with one attached hydrogen (secondary N) is 1. The number of carbonyl (C=O) groups excluding carboxylic acids is 1. The second-order valence-electron chi connectivity index (χ2n) is 9.10. The lowest BCUT2D eigenvalue weighted by molar-refractivity contribution is -0.0987. The van der Waals surface area contributed by atoms with E-state index in [9.17, 15) is 4.79 Å². The van der Waals surface area contributed by atoms with Crippen LogP contribution in [-0.4, -0.2) is 59.5 Å². The Morgan fingerprint density at radius 1 is 1.08 bits per heavy atom. The Morgan fingerprint density at radius 2 is 1.65 bits per heavy atom. The molecule has 4 aliphatic carbocycles. The van der Waals surface area contributed by atoms with Crippen molar-refractivity contribution in [3.05, 3.63) is 10.6 Å². The molecule has 6 rings (SSSR count). The van der Waals surface area contributed by atoms with Crippen molar-refractivity contribution in [3.63, 3.8) is 0 Å². The number of hydrogen-bond acceptors (Lipinski definition) is 5. The molecule has 4 saturated carbocycles. The molecule has 5 aliphatic rings. The maximum atomic E-state index is 13.0. The molecule has 1 aromatic rings. The molecule has 0 aromatic carbocycles. The van der Waals surface area contributed by atoms with E-state index in [-0.39, 0.29) is 5.91 Å². The molecule has 1 aromatic heterocycles. The van der Waals surface area contributed by atoms with Crippen LogP contribution in [0.2, 0.25) is 0 Å². The zero-order valence-electron chi connectivity index (χ0n) is 16.0. The van der Waals surface area contributed by atoms with E-state index >= 15 is 0 Å². The third kappa shape index (κ3) is 2.68. The molecular formula is C20H30N4OS. The van der Waals surface area contributed by atoms with Crippen LogP contribution in [0.3, 0.4) is 0 Å². The molecule has 2 heterocycles. The lowest BCUT2D eigenvalue weighted by atomic mass is 9.52. The third-order valence-electron chi connectivity index (χ3n) is 7.45. The van der Waals surface area contributed by atoms with Crippen LogP contribution in [0.25, 0.3) is 0 Å². The molecule has 5 fully saturated rings. The Kier molecular flexibility index (Phi) is 4.05. The predicted molar refractivity (Wildman–Crippen MR) is 105 cm³/mol. The van der Waals surface area contributed by atoms with E-state index in [1.807, 2.05) is 14.0 Å². The maximum absolute atomic E-state index is 13.0. The van der Waals surface area contributed by atoms with Crippen LogP contribution in [0.5, 0.6) is 0 Å². The smallest absolute Gasteiger partial charge is 0.266 e. The van der Waals surface area contributed by atoms with Gasteiger partial charge in [0, 0.05) is 38.8 Å². The third-order valence-corrected chi connectivity index (χ3v) is 8.61. The fourth-order valence-electron chi connectivity index (χ4n) is 6.68. The number of rotatable bonds is 3. The van der Waals surface area contributed by atoms with Crippen LogP contribution in [0.4, 0.5) is 5.13 Å². The second-order valence-corrected chi connectivity index (χ2v) is 10.1. The standard InChI is InChI=1S/C20H30N4OS/c1-13-17(26-19(21-2)22-13)18(25)23-3-5-24(6-4-23)20-10-14-7-15(11-20)9-16(8-14)12-20/h14-16H,3-12H2,1-2H3,(H,21,22). The van der Waals surface area contributed by atoms with Crippen LogP contribution in [0, 0.1) is 24.7 Å². The van der Waals surface area contributed by atoms with Gasteiger partial charge in [-0.25, -0.2) is 4.98 Å². The fourth-order valence-corrected chi connectivity index (χ4v) is 7.57. The molecule has 26 heavy (non-hydrogen) atoms. The van der Waals surface area contributed by atoms with Crippen molar-refractivity contribution >= 4 is 22.4 Å². The quantitative estimate of drug-likeness (QED) is 0.882. The van der Waals surface area contributed by atoms with Crippen LogP contribution in [-0.2, 0) is 0 Å². The van der Waals surface area contributed by atoms with Crippen LogP contribution in [0.15, 0.2) is 0 Å². The highest BCUT2D eigenvalue weighted by Gasteiger charge is 2.53. The van der Waals surface area contributed by atoms with Crippen molar-refractivity contribution in [3.8, 4) is 0 Å². The summed E-state index contributed by atoms with van der Waals surface area (Å²) in [6.07, 6.45) is 8.76. The van der Waals surface area contributed by atoms with Crippen molar-refractivity contribution in [2.24, 2.45) is 17.8 Å². The summed E-state index contributed by atoms with van der Waals surface area (Å²) in [5.74, 6) is 3.13. The summed E-state index contributed by atoms with van der Waals surface area (Å²) in [5.41, 5.74) is 1.33. The monoisotopic (exact) mass is 374 g/mol. The molecule has 1 N–H and O–H groups in total. The number of carbonyl (C=O) groups is 1. The van der Waals surface area contributed by atoms with Crippen LogP contribution >= 0.6 is 11.3 Å². The van der Waals surface area contributed by atoms with Crippen molar-refractivity contribution in [2.45, 2.75) is 51.0 Å². The number of piperazine rings is 1. The molecule has 4 bridgehead atoms.